The Balaban J connectivity index is 1.69. The van der Waals surface area contributed by atoms with Gasteiger partial charge in [0.15, 0.2) is 0 Å². The van der Waals surface area contributed by atoms with Crippen molar-refractivity contribution in [3.8, 4) is 0 Å². The van der Waals surface area contributed by atoms with E-state index in [1.807, 2.05) is 35.4 Å². The summed E-state index contributed by atoms with van der Waals surface area (Å²) in [7, 11) is 1.76. The predicted molar refractivity (Wildman–Crippen MR) is 85.6 cm³/mol. The Morgan fingerprint density at radius 1 is 1.32 bits per heavy atom. The molecule has 1 unspecified atom stereocenters. The van der Waals surface area contributed by atoms with Crippen molar-refractivity contribution in [2.75, 3.05) is 20.2 Å². The molecule has 0 bridgehead atoms. The highest BCUT2D eigenvalue weighted by molar-refractivity contribution is 5.82. The normalized spacial score (nSPS) is 22.7. The number of ether oxygens (including phenoxy) is 1. The van der Waals surface area contributed by atoms with Crippen molar-refractivity contribution in [3.63, 3.8) is 0 Å². The zero-order valence-electron chi connectivity index (χ0n) is 13.3. The summed E-state index contributed by atoms with van der Waals surface area (Å²) < 4.78 is 7.38. The molecule has 0 aliphatic carbocycles. The number of aromatic nitrogens is 2. The zero-order chi connectivity index (χ0) is 15.6. The average Bonchev–Trinajstić information content (AvgIpc) is 2.82. The van der Waals surface area contributed by atoms with Crippen LogP contribution in [-0.4, -0.2) is 46.4 Å². The number of nitrogens with zero attached hydrogens (tertiary/aromatic N) is 3. The molecule has 118 valence electrons. The fourth-order valence-corrected chi connectivity index (χ4v) is 3.09. The fourth-order valence-electron chi connectivity index (χ4n) is 3.09. The number of hydrogen-bond acceptors (Lipinski definition) is 3. The van der Waals surface area contributed by atoms with Crippen molar-refractivity contribution >= 4 is 16.8 Å². The number of carbonyl (C=O) groups is 1. The standard InChI is InChI=1S/C17H23N3O2/c1-17(22-2)8-5-10-19(11-9-17)16(21)13-20-15-7-4-3-6-14(15)12-18-20/h3-4,6-7,12H,5,8-11,13H2,1-2H3. The number of methoxy groups -OCH3 is 1. The minimum Gasteiger partial charge on any atom is -0.378 e. The van der Waals surface area contributed by atoms with E-state index in [2.05, 4.69) is 12.0 Å². The second-order valence-corrected chi connectivity index (χ2v) is 6.25. The van der Waals surface area contributed by atoms with Gasteiger partial charge in [-0.05, 0) is 32.3 Å². The highest BCUT2D eigenvalue weighted by atomic mass is 16.5. The maximum atomic E-state index is 12.6. The molecule has 0 radical (unpaired) electrons. The Kier molecular flexibility index (Phi) is 4.16. The second-order valence-electron chi connectivity index (χ2n) is 6.25. The van der Waals surface area contributed by atoms with E-state index in [1.165, 1.54) is 0 Å². The van der Waals surface area contributed by atoms with Crippen LogP contribution in [0.5, 0.6) is 0 Å². The molecular formula is C17H23N3O2. The van der Waals surface area contributed by atoms with Gasteiger partial charge in [0.25, 0.3) is 0 Å². The van der Waals surface area contributed by atoms with Crippen LogP contribution in [0.15, 0.2) is 30.5 Å². The Morgan fingerprint density at radius 2 is 2.14 bits per heavy atom. The lowest BCUT2D eigenvalue weighted by molar-refractivity contribution is -0.132. The Labute approximate surface area is 130 Å². The van der Waals surface area contributed by atoms with Crippen molar-refractivity contribution in [1.82, 2.24) is 14.7 Å². The molecule has 3 rings (SSSR count). The smallest absolute Gasteiger partial charge is 0.244 e. The molecule has 1 saturated heterocycles. The maximum absolute atomic E-state index is 12.6. The summed E-state index contributed by atoms with van der Waals surface area (Å²) in [5.74, 6) is 0.134. The average molecular weight is 301 g/mol. The van der Waals surface area contributed by atoms with E-state index in [1.54, 1.807) is 11.8 Å². The molecule has 1 fully saturated rings. The number of fused-ring (bicyclic) bond motifs is 1. The lowest BCUT2D eigenvalue weighted by atomic mass is 9.97. The van der Waals surface area contributed by atoms with Crippen LogP contribution < -0.4 is 0 Å². The number of likely N-dealkylation sites (tertiary alicyclic amines) is 1. The summed E-state index contributed by atoms with van der Waals surface area (Å²) in [5.41, 5.74) is 0.903. The monoisotopic (exact) mass is 301 g/mol. The molecule has 2 aromatic rings. The molecule has 1 aliphatic heterocycles. The molecule has 1 aromatic heterocycles. The summed E-state index contributed by atoms with van der Waals surface area (Å²) in [6, 6.07) is 7.97. The van der Waals surface area contributed by atoms with Crippen LogP contribution in [0.3, 0.4) is 0 Å². The number of rotatable bonds is 3. The van der Waals surface area contributed by atoms with E-state index >= 15 is 0 Å². The van der Waals surface area contributed by atoms with Gasteiger partial charge in [-0.15, -0.1) is 0 Å². The topological polar surface area (TPSA) is 47.4 Å². The van der Waals surface area contributed by atoms with E-state index in [9.17, 15) is 4.79 Å². The van der Waals surface area contributed by atoms with Crippen molar-refractivity contribution in [2.45, 2.75) is 38.3 Å². The summed E-state index contributed by atoms with van der Waals surface area (Å²) in [4.78, 5) is 14.5. The van der Waals surface area contributed by atoms with Gasteiger partial charge in [-0.3, -0.25) is 9.48 Å². The van der Waals surface area contributed by atoms with Crippen molar-refractivity contribution < 1.29 is 9.53 Å². The highest BCUT2D eigenvalue weighted by Crippen LogP contribution is 2.25. The van der Waals surface area contributed by atoms with Gasteiger partial charge in [-0.25, -0.2) is 0 Å². The second kappa shape index (κ2) is 6.08. The van der Waals surface area contributed by atoms with Crippen molar-refractivity contribution in [3.05, 3.63) is 30.5 Å². The van der Waals surface area contributed by atoms with Gasteiger partial charge in [-0.2, -0.15) is 5.10 Å². The molecule has 1 aliphatic rings. The summed E-state index contributed by atoms with van der Waals surface area (Å²) in [6.07, 6.45) is 4.68. The lowest BCUT2D eigenvalue weighted by Gasteiger charge is -2.26. The number of carbonyl (C=O) groups excluding carboxylic acids is 1. The molecule has 1 atom stereocenters. The van der Waals surface area contributed by atoms with Crippen LogP contribution in [0.1, 0.15) is 26.2 Å². The lowest BCUT2D eigenvalue weighted by Crippen LogP contribution is -2.36. The number of para-hydroxylation sites is 1. The SMILES string of the molecule is COC1(C)CCCN(C(=O)Cn2ncc3ccccc32)CC1. The van der Waals surface area contributed by atoms with Crippen LogP contribution in [-0.2, 0) is 16.1 Å². The van der Waals surface area contributed by atoms with Gasteiger partial charge in [-0.1, -0.05) is 18.2 Å². The first-order valence-electron chi connectivity index (χ1n) is 7.85. The number of hydrogen-bond donors (Lipinski definition) is 0. The molecule has 2 heterocycles. The van der Waals surface area contributed by atoms with Gasteiger partial charge in [0, 0.05) is 25.6 Å². The molecule has 1 amide bonds. The maximum Gasteiger partial charge on any atom is 0.244 e. The predicted octanol–water partition coefficient (Wildman–Crippen LogP) is 2.45. The number of benzene rings is 1. The first kappa shape index (κ1) is 15.0. The molecule has 5 nitrogen and oxygen atoms in total. The van der Waals surface area contributed by atoms with Crippen LogP contribution in [0.25, 0.3) is 10.9 Å². The minimum absolute atomic E-state index is 0.104. The van der Waals surface area contributed by atoms with Gasteiger partial charge < -0.3 is 9.64 Å². The minimum atomic E-state index is -0.104. The molecule has 0 saturated carbocycles. The van der Waals surface area contributed by atoms with Crippen LogP contribution >= 0.6 is 0 Å². The van der Waals surface area contributed by atoms with Gasteiger partial charge in [0.05, 0.1) is 17.3 Å². The molecule has 5 heteroatoms. The zero-order valence-corrected chi connectivity index (χ0v) is 13.3. The van der Waals surface area contributed by atoms with Crippen molar-refractivity contribution in [1.29, 1.82) is 0 Å². The summed E-state index contributed by atoms with van der Waals surface area (Å²) in [5, 5.41) is 5.41. The van der Waals surface area contributed by atoms with Gasteiger partial charge in [0.2, 0.25) is 5.91 Å². The molecular weight excluding hydrogens is 278 g/mol. The fraction of sp³-hybridized carbons (Fsp3) is 0.529. The number of amides is 1. The molecule has 22 heavy (non-hydrogen) atoms. The first-order chi connectivity index (χ1) is 10.6. The van der Waals surface area contributed by atoms with Gasteiger partial charge in [0.1, 0.15) is 6.54 Å². The van der Waals surface area contributed by atoms with Crippen LogP contribution in [0.4, 0.5) is 0 Å². The largest absolute Gasteiger partial charge is 0.378 e. The Hall–Kier alpha value is -1.88. The quantitative estimate of drug-likeness (QED) is 0.875. The van der Waals surface area contributed by atoms with Crippen molar-refractivity contribution in [2.24, 2.45) is 0 Å². The highest BCUT2D eigenvalue weighted by Gasteiger charge is 2.29. The van der Waals surface area contributed by atoms with E-state index < -0.39 is 0 Å². The van der Waals surface area contributed by atoms with E-state index in [0.29, 0.717) is 6.54 Å². The third-order valence-corrected chi connectivity index (χ3v) is 4.73. The Morgan fingerprint density at radius 3 is 2.95 bits per heavy atom. The van der Waals surface area contributed by atoms with E-state index in [-0.39, 0.29) is 11.5 Å². The van der Waals surface area contributed by atoms with Crippen LogP contribution in [0, 0.1) is 0 Å². The van der Waals surface area contributed by atoms with Crippen LogP contribution in [0.2, 0.25) is 0 Å². The van der Waals surface area contributed by atoms with Gasteiger partial charge >= 0.3 is 0 Å². The third kappa shape index (κ3) is 2.99. The van der Waals surface area contributed by atoms with E-state index in [4.69, 9.17) is 4.74 Å². The first-order valence-corrected chi connectivity index (χ1v) is 7.85. The molecule has 0 N–H and O–H groups in total. The summed E-state index contributed by atoms with van der Waals surface area (Å²) >= 11 is 0. The van der Waals surface area contributed by atoms with E-state index in [0.717, 1.165) is 43.3 Å². The summed E-state index contributed by atoms with van der Waals surface area (Å²) in [6.45, 7) is 3.98. The third-order valence-electron chi connectivity index (χ3n) is 4.73. The Bertz CT molecular complexity index is 667. The molecule has 0 spiro atoms. The molecule has 1 aromatic carbocycles.